The third-order valence-corrected chi connectivity index (χ3v) is 6.31. The van der Waals surface area contributed by atoms with Crippen LogP contribution < -0.4 is 0 Å². The van der Waals surface area contributed by atoms with E-state index in [1.165, 1.54) is 12.1 Å². The quantitative estimate of drug-likeness (QED) is 0.468. The Hall–Kier alpha value is -3.02. The number of hydrazone groups is 1. The summed E-state index contributed by atoms with van der Waals surface area (Å²) < 4.78 is 15.2. The zero-order chi connectivity index (χ0) is 19.6. The van der Waals surface area contributed by atoms with Gasteiger partial charge in [0.1, 0.15) is 5.82 Å². The third-order valence-electron chi connectivity index (χ3n) is 6.31. The summed E-state index contributed by atoms with van der Waals surface area (Å²) in [6.07, 6.45) is 6.62. The number of aryl methyl sites for hydroxylation is 1. The van der Waals surface area contributed by atoms with Crippen molar-refractivity contribution in [1.29, 1.82) is 0 Å². The Morgan fingerprint density at radius 2 is 1.64 bits per heavy atom. The number of hydrogen-bond donors (Lipinski definition) is 0. The molecule has 142 valence electrons. The number of rotatable bonds is 3. The molecule has 2 aliphatic carbocycles. The molecule has 1 aromatic carbocycles. The smallest absolute Gasteiger partial charge is 0.254 e. The van der Waals surface area contributed by atoms with Gasteiger partial charge in [-0.2, -0.15) is 10.1 Å². The van der Waals surface area contributed by atoms with Crippen LogP contribution in [0.5, 0.6) is 0 Å². The molecule has 1 saturated carbocycles. The highest BCUT2D eigenvalue weighted by Crippen LogP contribution is 2.52. The lowest BCUT2D eigenvalue weighted by Crippen LogP contribution is -2.28. The summed E-state index contributed by atoms with van der Waals surface area (Å²) in [5.41, 5.74) is 3.54. The molecule has 1 saturated heterocycles. The van der Waals surface area contributed by atoms with E-state index in [2.05, 4.69) is 17.3 Å². The average molecular weight is 377 g/mol. The van der Waals surface area contributed by atoms with Crippen molar-refractivity contribution in [3.8, 4) is 5.69 Å². The maximum atomic E-state index is 13.2. The Morgan fingerprint density at radius 3 is 2.25 bits per heavy atom. The van der Waals surface area contributed by atoms with Gasteiger partial charge in [-0.1, -0.05) is 12.2 Å². The highest BCUT2D eigenvalue weighted by atomic mass is 19.1. The molecule has 2 heterocycles. The molecule has 2 amide bonds. The molecular formula is C22H20FN3O2. The second kappa shape index (κ2) is 5.99. The number of hydrogen-bond acceptors (Lipinski definition) is 3. The molecule has 0 spiro atoms. The van der Waals surface area contributed by atoms with Crippen LogP contribution in [0.3, 0.4) is 0 Å². The van der Waals surface area contributed by atoms with Crippen molar-refractivity contribution in [3.05, 3.63) is 65.3 Å². The van der Waals surface area contributed by atoms with E-state index in [0.29, 0.717) is 0 Å². The molecule has 2 fully saturated rings. The highest BCUT2D eigenvalue weighted by Gasteiger charge is 2.59. The zero-order valence-electron chi connectivity index (χ0n) is 15.7. The average Bonchev–Trinajstić information content (AvgIpc) is 3.40. The predicted octanol–water partition coefficient (Wildman–Crippen LogP) is 3.37. The van der Waals surface area contributed by atoms with Gasteiger partial charge in [0, 0.05) is 22.6 Å². The van der Waals surface area contributed by atoms with E-state index >= 15 is 0 Å². The van der Waals surface area contributed by atoms with Crippen molar-refractivity contribution >= 4 is 18.0 Å². The summed E-state index contributed by atoms with van der Waals surface area (Å²) in [7, 11) is 0. The number of halogens is 1. The van der Waals surface area contributed by atoms with Gasteiger partial charge >= 0.3 is 0 Å². The van der Waals surface area contributed by atoms with Crippen molar-refractivity contribution in [2.75, 3.05) is 0 Å². The minimum atomic E-state index is -0.284. The third kappa shape index (κ3) is 2.33. The van der Waals surface area contributed by atoms with E-state index in [1.807, 2.05) is 24.5 Å². The molecule has 0 N–H and O–H groups in total. The first-order valence-electron chi connectivity index (χ1n) is 9.50. The van der Waals surface area contributed by atoms with E-state index in [4.69, 9.17) is 0 Å². The molecular weight excluding hydrogens is 357 g/mol. The van der Waals surface area contributed by atoms with Crippen LogP contribution in [0.4, 0.5) is 4.39 Å². The Labute approximate surface area is 162 Å². The minimum Gasteiger partial charge on any atom is -0.318 e. The van der Waals surface area contributed by atoms with Gasteiger partial charge in [-0.05, 0) is 62.4 Å². The second-order valence-corrected chi connectivity index (χ2v) is 7.87. The van der Waals surface area contributed by atoms with Crippen molar-refractivity contribution in [2.24, 2.45) is 28.8 Å². The fourth-order valence-electron chi connectivity index (χ4n) is 5.03. The van der Waals surface area contributed by atoms with Crippen molar-refractivity contribution in [1.82, 2.24) is 9.58 Å². The molecule has 5 rings (SSSR count). The van der Waals surface area contributed by atoms with Gasteiger partial charge in [0.05, 0.1) is 18.1 Å². The number of aromatic nitrogens is 1. The molecule has 2 bridgehead atoms. The summed E-state index contributed by atoms with van der Waals surface area (Å²) >= 11 is 0. The predicted molar refractivity (Wildman–Crippen MR) is 102 cm³/mol. The molecule has 5 nitrogen and oxygen atoms in total. The van der Waals surface area contributed by atoms with Crippen LogP contribution in [0.1, 0.15) is 23.4 Å². The summed E-state index contributed by atoms with van der Waals surface area (Å²) in [6.45, 7) is 3.89. The van der Waals surface area contributed by atoms with Gasteiger partial charge in [0.15, 0.2) is 0 Å². The molecule has 4 unspecified atom stereocenters. The number of amides is 2. The highest BCUT2D eigenvalue weighted by molar-refractivity contribution is 6.06. The lowest BCUT2D eigenvalue weighted by molar-refractivity contribution is -0.140. The zero-order valence-corrected chi connectivity index (χ0v) is 15.7. The second-order valence-electron chi connectivity index (χ2n) is 7.87. The number of allylic oxidation sites excluding steroid dienone is 2. The lowest BCUT2D eigenvalue weighted by atomic mass is 9.85. The van der Waals surface area contributed by atoms with E-state index < -0.39 is 0 Å². The van der Waals surface area contributed by atoms with E-state index in [0.717, 1.165) is 34.1 Å². The molecule has 28 heavy (non-hydrogen) atoms. The van der Waals surface area contributed by atoms with Crippen LogP contribution in [0.2, 0.25) is 0 Å². The molecule has 6 heteroatoms. The maximum absolute atomic E-state index is 13.2. The van der Waals surface area contributed by atoms with Crippen LogP contribution in [-0.4, -0.2) is 27.6 Å². The van der Waals surface area contributed by atoms with Gasteiger partial charge in [0.2, 0.25) is 0 Å². The van der Waals surface area contributed by atoms with Crippen LogP contribution in [0.15, 0.2) is 47.6 Å². The molecule has 1 aliphatic heterocycles. The van der Waals surface area contributed by atoms with E-state index in [1.54, 1.807) is 18.3 Å². The molecule has 3 aliphatic rings. The van der Waals surface area contributed by atoms with E-state index in [9.17, 15) is 14.0 Å². The van der Waals surface area contributed by atoms with Gasteiger partial charge < -0.3 is 4.57 Å². The normalized spacial score (nSPS) is 28.2. The minimum absolute atomic E-state index is 0.176. The van der Waals surface area contributed by atoms with Crippen molar-refractivity contribution < 1.29 is 14.0 Å². The Bertz CT molecular complexity index is 1020. The lowest BCUT2D eigenvalue weighted by Gasteiger charge is -2.13. The number of fused-ring (bicyclic) bond motifs is 5. The largest absolute Gasteiger partial charge is 0.318 e. The monoisotopic (exact) mass is 377 g/mol. The Morgan fingerprint density at radius 1 is 1.04 bits per heavy atom. The fraction of sp³-hybridized carbons (Fsp3) is 0.318. The molecule has 4 atom stereocenters. The Kier molecular flexibility index (Phi) is 3.66. The summed E-state index contributed by atoms with van der Waals surface area (Å²) in [5.74, 6) is -0.790. The number of carbonyl (C=O) groups is 2. The van der Waals surface area contributed by atoms with Crippen molar-refractivity contribution in [3.63, 3.8) is 0 Å². The summed E-state index contributed by atoms with van der Waals surface area (Å²) in [5, 5.41) is 5.33. The molecule has 2 aromatic rings. The first-order chi connectivity index (χ1) is 13.5. The first kappa shape index (κ1) is 17.1. The number of imide groups is 1. The first-order valence-corrected chi connectivity index (χ1v) is 9.50. The number of benzene rings is 1. The van der Waals surface area contributed by atoms with Gasteiger partial charge in [-0.25, -0.2) is 4.39 Å². The van der Waals surface area contributed by atoms with Crippen molar-refractivity contribution in [2.45, 2.75) is 20.3 Å². The number of carbonyl (C=O) groups excluding carboxylic acids is 2. The topological polar surface area (TPSA) is 54.7 Å². The van der Waals surface area contributed by atoms with E-state index in [-0.39, 0.29) is 41.3 Å². The van der Waals surface area contributed by atoms with Gasteiger partial charge in [-0.3, -0.25) is 9.59 Å². The molecule has 1 aromatic heterocycles. The fourth-order valence-corrected chi connectivity index (χ4v) is 5.03. The van der Waals surface area contributed by atoms with Crippen LogP contribution in [0, 0.1) is 43.3 Å². The van der Waals surface area contributed by atoms with Crippen LogP contribution in [0.25, 0.3) is 5.69 Å². The maximum Gasteiger partial charge on any atom is 0.254 e. The summed E-state index contributed by atoms with van der Waals surface area (Å²) in [4.78, 5) is 25.5. The summed E-state index contributed by atoms with van der Waals surface area (Å²) in [6, 6.07) is 8.22. The van der Waals surface area contributed by atoms with Gasteiger partial charge in [-0.15, -0.1) is 0 Å². The van der Waals surface area contributed by atoms with Crippen LogP contribution >= 0.6 is 0 Å². The Balaban J connectivity index is 1.44. The standard InChI is InChI=1S/C22H20FN3O2/c1-12-9-16(13(2)25(12)18-7-5-17(23)6-8-18)11-24-26-21(27)19-14-3-4-15(10-14)20(19)22(26)28/h3-9,11,14-15,19-20H,10H2,1-2H3. The van der Waals surface area contributed by atoms with Crippen LogP contribution in [-0.2, 0) is 9.59 Å². The SMILES string of the molecule is Cc1cc(C=NN2C(=O)C3C4C=CC(C4)C3C2=O)c(C)n1-c1ccc(F)cc1. The van der Waals surface area contributed by atoms with Gasteiger partial charge in [0.25, 0.3) is 11.8 Å². The molecule has 0 radical (unpaired) electrons. The number of nitrogens with zero attached hydrogens (tertiary/aromatic N) is 3.